The highest BCUT2D eigenvalue weighted by Crippen LogP contribution is 2.28. The first-order chi connectivity index (χ1) is 7.20. The Morgan fingerprint density at radius 1 is 1.20 bits per heavy atom. The van der Waals surface area contributed by atoms with Gasteiger partial charge in [0.2, 0.25) is 5.78 Å². The van der Waals surface area contributed by atoms with E-state index in [1.807, 2.05) is 0 Å². The Bertz CT molecular complexity index is 414. The van der Waals surface area contributed by atoms with Crippen LogP contribution in [0.25, 0.3) is 0 Å². The number of phenols is 1. The number of para-hydroxylation sites is 2. The number of phenolic OH excluding ortho intramolecular Hbond substituents is 1. The summed E-state index contributed by atoms with van der Waals surface area (Å²) in [5.41, 5.74) is 0.413. The third-order valence-corrected chi connectivity index (χ3v) is 2.44. The van der Waals surface area contributed by atoms with Crippen molar-refractivity contribution in [3.8, 4) is 5.75 Å². The molecule has 0 aliphatic carbocycles. The number of benzene rings is 1. The Labute approximate surface area is 87.1 Å². The average molecular weight is 205 g/mol. The molecule has 1 aromatic rings. The lowest BCUT2D eigenvalue weighted by molar-refractivity contribution is -0.137. The zero-order chi connectivity index (χ0) is 10.8. The molecule has 78 valence electrons. The normalized spacial score (nSPS) is 16.9. The second kappa shape index (κ2) is 3.73. The van der Waals surface area contributed by atoms with E-state index in [9.17, 15) is 14.7 Å². The van der Waals surface area contributed by atoms with Gasteiger partial charge in [-0.2, -0.15) is 0 Å². The molecule has 15 heavy (non-hydrogen) atoms. The van der Waals surface area contributed by atoms with E-state index >= 15 is 0 Å². The highest BCUT2D eigenvalue weighted by molar-refractivity contribution is 6.42. The Balaban J connectivity index is 2.34. The predicted molar refractivity (Wildman–Crippen MR) is 54.7 cm³/mol. The predicted octanol–water partition coefficient (Wildman–Crippen LogP) is 1.09. The number of anilines is 1. The molecular formula is C11H11NO3. The standard InChI is InChI=1S/C11H11NO3/c13-9-5-2-1-4-8(9)12-7-3-6-10(14)11(12)15/h1-2,4-5,13H,3,6-7H2. The second-order valence-electron chi connectivity index (χ2n) is 3.47. The number of hydrogen-bond donors (Lipinski definition) is 1. The van der Waals surface area contributed by atoms with Gasteiger partial charge in [0, 0.05) is 13.0 Å². The van der Waals surface area contributed by atoms with E-state index in [0.717, 1.165) is 0 Å². The number of rotatable bonds is 1. The van der Waals surface area contributed by atoms with E-state index < -0.39 is 5.91 Å². The van der Waals surface area contributed by atoms with Crippen LogP contribution in [0.5, 0.6) is 5.75 Å². The van der Waals surface area contributed by atoms with Crippen molar-refractivity contribution in [1.29, 1.82) is 0 Å². The molecule has 0 bridgehead atoms. The fourth-order valence-electron chi connectivity index (χ4n) is 1.68. The molecule has 2 rings (SSSR count). The van der Waals surface area contributed by atoms with Crippen LogP contribution in [0, 0.1) is 0 Å². The molecule has 4 nitrogen and oxygen atoms in total. The molecule has 1 aliphatic rings. The van der Waals surface area contributed by atoms with E-state index in [1.54, 1.807) is 18.2 Å². The molecule has 1 aromatic carbocycles. The molecule has 4 heteroatoms. The minimum Gasteiger partial charge on any atom is -0.506 e. The van der Waals surface area contributed by atoms with Crippen LogP contribution in [0.15, 0.2) is 24.3 Å². The summed E-state index contributed by atoms with van der Waals surface area (Å²) >= 11 is 0. The number of ketones is 1. The third kappa shape index (κ3) is 1.70. The summed E-state index contributed by atoms with van der Waals surface area (Å²) in [6.07, 6.45) is 0.960. The van der Waals surface area contributed by atoms with Gasteiger partial charge in [-0.3, -0.25) is 9.59 Å². The first kappa shape index (κ1) is 9.71. The molecule has 1 saturated heterocycles. The number of carbonyl (C=O) groups excluding carboxylic acids is 2. The summed E-state index contributed by atoms with van der Waals surface area (Å²) in [5, 5.41) is 9.56. The van der Waals surface area contributed by atoms with Gasteiger partial charge >= 0.3 is 0 Å². The molecule has 1 fully saturated rings. The van der Waals surface area contributed by atoms with E-state index in [0.29, 0.717) is 25.1 Å². The number of nitrogens with zero attached hydrogens (tertiary/aromatic N) is 1. The smallest absolute Gasteiger partial charge is 0.294 e. The molecule has 0 aromatic heterocycles. The number of hydrogen-bond acceptors (Lipinski definition) is 3. The molecule has 0 saturated carbocycles. The van der Waals surface area contributed by atoms with Crippen molar-refractivity contribution >= 4 is 17.4 Å². The Morgan fingerprint density at radius 2 is 1.93 bits per heavy atom. The van der Waals surface area contributed by atoms with Crippen molar-refractivity contribution in [3.63, 3.8) is 0 Å². The lowest BCUT2D eigenvalue weighted by atomic mass is 10.1. The molecule has 0 unspecified atom stereocenters. The fraction of sp³-hybridized carbons (Fsp3) is 0.273. The van der Waals surface area contributed by atoms with Gasteiger partial charge in [0.25, 0.3) is 5.91 Å². The molecule has 0 atom stereocenters. The minimum atomic E-state index is -0.525. The summed E-state index contributed by atoms with van der Waals surface area (Å²) in [6.45, 7) is 0.488. The zero-order valence-corrected chi connectivity index (χ0v) is 8.14. The van der Waals surface area contributed by atoms with Crippen LogP contribution in [-0.4, -0.2) is 23.3 Å². The first-order valence-electron chi connectivity index (χ1n) is 4.83. The van der Waals surface area contributed by atoms with Gasteiger partial charge in [-0.1, -0.05) is 12.1 Å². The van der Waals surface area contributed by atoms with Crippen LogP contribution in [-0.2, 0) is 9.59 Å². The van der Waals surface area contributed by atoms with Crippen molar-refractivity contribution in [3.05, 3.63) is 24.3 Å². The van der Waals surface area contributed by atoms with Crippen LogP contribution in [0.2, 0.25) is 0 Å². The van der Waals surface area contributed by atoms with Gasteiger partial charge in [0.15, 0.2) is 0 Å². The van der Waals surface area contributed by atoms with Crippen LogP contribution in [0.1, 0.15) is 12.8 Å². The van der Waals surface area contributed by atoms with Gasteiger partial charge in [-0.25, -0.2) is 0 Å². The minimum absolute atomic E-state index is 0.0283. The SMILES string of the molecule is O=C1CCCN(c2ccccc2O)C1=O. The van der Waals surface area contributed by atoms with Crippen LogP contribution in [0.3, 0.4) is 0 Å². The highest BCUT2D eigenvalue weighted by Gasteiger charge is 2.28. The number of aromatic hydroxyl groups is 1. The first-order valence-corrected chi connectivity index (χ1v) is 4.83. The molecule has 0 spiro atoms. The Morgan fingerprint density at radius 3 is 2.67 bits per heavy atom. The third-order valence-electron chi connectivity index (χ3n) is 2.44. The Hall–Kier alpha value is -1.84. The van der Waals surface area contributed by atoms with E-state index in [2.05, 4.69) is 0 Å². The van der Waals surface area contributed by atoms with Crippen molar-refractivity contribution < 1.29 is 14.7 Å². The maximum Gasteiger partial charge on any atom is 0.294 e. The van der Waals surface area contributed by atoms with Gasteiger partial charge in [-0.15, -0.1) is 0 Å². The lowest BCUT2D eigenvalue weighted by Gasteiger charge is -2.26. The fourth-order valence-corrected chi connectivity index (χ4v) is 1.68. The maximum atomic E-state index is 11.5. The molecule has 1 aliphatic heterocycles. The number of carbonyl (C=O) groups is 2. The quantitative estimate of drug-likeness (QED) is 0.698. The monoisotopic (exact) mass is 205 g/mol. The molecular weight excluding hydrogens is 194 g/mol. The van der Waals surface area contributed by atoms with Gasteiger partial charge in [0.05, 0.1) is 5.69 Å². The summed E-state index contributed by atoms with van der Waals surface area (Å²) in [5.74, 6) is -0.882. The van der Waals surface area contributed by atoms with E-state index in [-0.39, 0.29) is 11.5 Å². The van der Waals surface area contributed by atoms with Crippen molar-refractivity contribution in [2.75, 3.05) is 11.4 Å². The largest absolute Gasteiger partial charge is 0.506 e. The summed E-state index contributed by atoms with van der Waals surface area (Å²) in [4.78, 5) is 24.1. The number of piperidine rings is 1. The second-order valence-corrected chi connectivity index (χ2v) is 3.47. The van der Waals surface area contributed by atoms with Crippen LogP contribution < -0.4 is 4.90 Å². The van der Waals surface area contributed by atoms with Crippen molar-refractivity contribution in [1.82, 2.24) is 0 Å². The summed E-state index contributed by atoms with van der Waals surface area (Å²) in [6, 6.07) is 6.53. The molecule has 0 radical (unpaired) electrons. The topological polar surface area (TPSA) is 57.6 Å². The summed E-state index contributed by atoms with van der Waals surface area (Å²) in [7, 11) is 0. The molecule has 1 amide bonds. The number of Topliss-reactive ketones (excluding diaryl/α,β-unsaturated/α-hetero) is 1. The van der Waals surface area contributed by atoms with Gasteiger partial charge in [0.1, 0.15) is 5.75 Å². The van der Waals surface area contributed by atoms with E-state index in [4.69, 9.17) is 0 Å². The highest BCUT2D eigenvalue weighted by atomic mass is 16.3. The van der Waals surface area contributed by atoms with Crippen LogP contribution in [0.4, 0.5) is 5.69 Å². The van der Waals surface area contributed by atoms with Crippen LogP contribution >= 0.6 is 0 Å². The average Bonchev–Trinajstić information content (AvgIpc) is 2.23. The summed E-state index contributed by atoms with van der Waals surface area (Å²) < 4.78 is 0. The van der Waals surface area contributed by atoms with Gasteiger partial charge in [-0.05, 0) is 18.6 Å². The zero-order valence-electron chi connectivity index (χ0n) is 8.14. The lowest BCUT2D eigenvalue weighted by Crippen LogP contribution is -2.41. The molecule has 1 N–H and O–H groups in total. The van der Waals surface area contributed by atoms with Crippen molar-refractivity contribution in [2.45, 2.75) is 12.8 Å². The van der Waals surface area contributed by atoms with E-state index in [1.165, 1.54) is 11.0 Å². The number of amides is 1. The van der Waals surface area contributed by atoms with Crippen molar-refractivity contribution in [2.24, 2.45) is 0 Å². The van der Waals surface area contributed by atoms with Gasteiger partial charge < -0.3 is 10.0 Å². The Kier molecular flexibility index (Phi) is 2.41. The maximum absolute atomic E-state index is 11.5. The molecule has 1 heterocycles.